The van der Waals surface area contributed by atoms with Crippen LogP contribution in [0.2, 0.25) is 0 Å². The molecule has 0 aromatic heterocycles. The van der Waals surface area contributed by atoms with Crippen LogP contribution >= 0.6 is 12.4 Å². The summed E-state index contributed by atoms with van der Waals surface area (Å²) in [6, 6.07) is 2.28. The van der Waals surface area contributed by atoms with E-state index in [0.717, 1.165) is 24.2 Å². The van der Waals surface area contributed by atoms with Crippen molar-refractivity contribution in [1.82, 2.24) is 5.32 Å². The predicted octanol–water partition coefficient (Wildman–Crippen LogP) is 1.57. The lowest BCUT2D eigenvalue weighted by Gasteiger charge is -2.04. The van der Waals surface area contributed by atoms with E-state index in [2.05, 4.69) is 11.4 Å². The van der Waals surface area contributed by atoms with Crippen molar-refractivity contribution in [3.63, 3.8) is 0 Å². The molecular formula is C9H15ClN2. The van der Waals surface area contributed by atoms with Gasteiger partial charge in [-0.25, -0.2) is 0 Å². The topological polar surface area (TPSA) is 35.8 Å². The molecule has 2 aliphatic rings. The molecule has 0 bridgehead atoms. The van der Waals surface area contributed by atoms with E-state index in [-0.39, 0.29) is 12.4 Å². The Bertz CT molecular complexity index is 175. The molecular weight excluding hydrogens is 172 g/mol. The van der Waals surface area contributed by atoms with Crippen LogP contribution in [0.3, 0.4) is 0 Å². The van der Waals surface area contributed by atoms with Gasteiger partial charge in [0.05, 0.1) is 6.07 Å². The van der Waals surface area contributed by atoms with E-state index < -0.39 is 0 Å². The SMILES string of the molecule is Cl.N#CCC1CC2CNCC2C1. The van der Waals surface area contributed by atoms with Crippen molar-refractivity contribution in [1.29, 1.82) is 5.26 Å². The zero-order valence-electron chi connectivity index (χ0n) is 7.12. The van der Waals surface area contributed by atoms with E-state index in [1.165, 1.54) is 25.9 Å². The highest BCUT2D eigenvalue weighted by molar-refractivity contribution is 5.85. The highest BCUT2D eigenvalue weighted by Crippen LogP contribution is 2.39. The minimum Gasteiger partial charge on any atom is -0.316 e. The molecule has 1 aliphatic heterocycles. The van der Waals surface area contributed by atoms with Crippen molar-refractivity contribution >= 4 is 12.4 Å². The first-order chi connectivity index (χ1) is 5.40. The van der Waals surface area contributed by atoms with Gasteiger partial charge in [0.15, 0.2) is 0 Å². The Kier molecular flexibility index (Phi) is 3.37. The number of nitrogens with one attached hydrogen (secondary N) is 1. The van der Waals surface area contributed by atoms with Gasteiger partial charge in [-0.1, -0.05) is 0 Å². The van der Waals surface area contributed by atoms with Crippen molar-refractivity contribution in [2.75, 3.05) is 13.1 Å². The number of hydrogen-bond acceptors (Lipinski definition) is 2. The van der Waals surface area contributed by atoms with E-state index in [1.807, 2.05) is 0 Å². The van der Waals surface area contributed by atoms with Crippen LogP contribution in [-0.2, 0) is 0 Å². The summed E-state index contributed by atoms with van der Waals surface area (Å²) in [7, 11) is 0. The van der Waals surface area contributed by atoms with Crippen molar-refractivity contribution in [3.05, 3.63) is 0 Å². The third-order valence-corrected chi connectivity index (χ3v) is 3.13. The van der Waals surface area contributed by atoms with E-state index in [9.17, 15) is 0 Å². The molecule has 2 atom stereocenters. The molecule has 2 nitrogen and oxygen atoms in total. The van der Waals surface area contributed by atoms with Crippen LogP contribution in [0.25, 0.3) is 0 Å². The highest BCUT2D eigenvalue weighted by Gasteiger charge is 2.36. The average molecular weight is 187 g/mol. The van der Waals surface area contributed by atoms with Crippen LogP contribution in [0.5, 0.6) is 0 Å². The molecule has 0 radical (unpaired) electrons. The smallest absolute Gasteiger partial charge is 0.0624 e. The van der Waals surface area contributed by atoms with Crippen LogP contribution in [0.1, 0.15) is 19.3 Å². The third-order valence-electron chi connectivity index (χ3n) is 3.13. The van der Waals surface area contributed by atoms with Crippen molar-refractivity contribution in [2.45, 2.75) is 19.3 Å². The van der Waals surface area contributed by atoms with E-state index in [1.54, 1.807) is 0 Å². The molecule has 12 heavy (non-hydrogen) atoms. The monoisotopic (exact) mass is 186 g/mol. The molecule has 2 fully saturated rings. The molecule has 2 unspecified atom stereocenters. The second kappa shape index (κ2) is 4.11. The summed E-state index contributed by atoms with van der Waals surface area (Å²) in [4.78, 5) is 0. The number of nitriles is 1. The van der Waals surface area contributed by atoms with Gasteiger partial charge in [0.25, 0.3) is 0 Å². The first kappa shape index (κ1) is 9.83. The molecule has 1 saturated carbocycles. The number of halogens is 1. The predicted molar refractivity (Wildman–Crippen MR) is 50.1 cm³/mol. The van der Waals surface area contributed by atoms with E-state index in [0.29, 0.717) is 0 Å². The molecule has 3 heteroatoms. The van der Waals surface area contributed by atoms with Crippen LogP contribution in [0, 0.1) is 29.1 Å². The summed E-state index contributed by atoms with van der Waals surface area (Å²) in [5.41, 5.74) is 0. The van der Waals surface area contributed by atoms with Crippen LogP contribution in [-0.4, -0.2) is 13.1 Å². The van der Waals surface area contributed by atoms with Gasteiger partial charge in [0.1, 0.15) is 0 Å². The number of hydrogen-bond donors (Lipinski definition) is 1. The molecule has 2 rings (SSSR count). The first-order valence-electron chi connectivity index (χ1n) is 4.48. The van der Waals surface area contributed by atoms with E-state index >= 15 is 0 Å². The maximum absolute atomic E-state index is 8.52. The Labute approximate surface area is 79.7 Å². The molecule has 0 spiro atoms. The normalized spacial score (nSPS) is 38.4. The van der Waals surface area contributed by atoms with Crippen LogP contribution < -0.4 is 5.32 Å². The fourth-order valence-electron chi connectivity index (χ4n) is 2.59. The lowest BCUT2D eigenvalue weighted by Crippen LogP contribution is -2.11. The lowest BCUT2D eigenvalue weighted by molar-refractivity contribution is 0.494. The number of rotatable bonds is 1. The fourth-order valence-corrected chi connectivity index (χ4v) is 2.59. The highest BCUT2D eigenvalue weighted by atomic mass is 35.5. The lowest BCUT2D eigenvalue weighted by atomic mass is 10.0. The molecule has 1 N–H and O–H groups in total. The first-order valence-corrected chi connectivity index (χ1v) is 4.48. The molecule has 0 aromatic carbocycles. The standard InChI is InChI=1S/C9H14N2.ClH/c10-2-1-7-3-8-5-11-6-9(8)4-7;/h7-9,11H,1,3-6H2;1H. The van der Waals surface area contributed by atoms with Crippen molar-refractivity contribution in [2.24, 2.45) is 17.8 Å². The molecule has 0 aromatic rings. The van der Waals surface area contributed by atoms with Gasteiger partial charge in [-0.15, -0.1) is 12.4 Å². The second-order valence-electron chi connectivity index (χ2n) is 3.88. The number of fused-ring (bicyclic) bond motifs is 1. The zero-order chi connectivity index (χ0) is 7.68. The second-order valence-corrected chi connectivity index (χ2v) is 3.88. The summed E-state index contributed by atoms with van der Waals surface area (Å²) in [6.45, 7) is 2.40. The van der Waals surface area contributed by atoms with Gasteiger partial charge in [-0.2, -0.15) is 5.26 Å². The molecule has 1 saturated heterocycles. The fraction of sp³-hybridized carbons (Fsp3) is 0.889. The number of nitrogens with zero attached hydrogens (tertiary/aromatic N) is 1. The largest absolute Gasteiger partial charge is 0.316 e. The third kappa shape index (κ3) is 1.73. The van der Waals surface area contributed by atoms with Gasteiger partial charge in [-0.05, 0) is 43.7 Å². The van der Waals surface area contributed by atoms with Crippen molar-refractivity contribution in [3.8, 4) is 6.07 Å². The van der Waals surface area contributed by atoms with Crippen molar-refractivity contribution < 1.29 is 0 Å². The van der Waals surface area contributed by atoms with Crippen LogP contribution in [0.4, 0.5) is 0 Å². The Balaban J connectivity index is 0.000000720. The minimum atomic E-state index is 0. The molecule has 0 amide bonds. The Morgan fingerprint density at radius 2 is 1.83 bits per heavy atom. The maximum atomic E-state index is 8.52. The minimum absolute atomic E-state index is 0. The summed E-state index contributed by atoms with van der Waals surface area (Å²) >= 11 is 0. The summed E-state index contributed by atoms with van der Waals surface area (Å²) < 4.78 is 0. The molecule has 68 valence electrons. The zero-order valence-corrected chi connectivity index (χ0v) is 7.94. The Morgan fingerprint density at radius 1 is 1.25 bits per heavy atom. The summed E-state index contributed by atoms with van der Waals surface area (Å²) in [6.07, 6.45) is 3.38. The Morgan fingerprint density at radius 3 is 2.33 bits per heavy atom. The quantitative estimate of drug-likeness (QED) is 0.675. The maximum Gasteiger partial charge on any atom is 0.0624 e. The van der Waals surface area contributed by atoms with Crippen LogP contribution in [0.15, 0.2) is 0 Å². The van der Waals surface area contributed by atoms with Gasteiger partial charge in [0.2, 0.25) is 0 Å². The Hall–Kier alpha value is -0.260. The van der Waals surface area contributed by atoms with Gasteiger partial charge < -0.3 is 5.32 Å². The molecule has 1 heterocycles. The average Bonchev–Trinajstić information content (AvgIpc) is 2.46. The van der Waals surface area contributed by atoms with Gasteiger partial charge >= 0.3 is 0 Å². The van der Waals surface area contributed by atoms with E-state index in [4.69, 9.17) is 5.26 Å². The summed E-state index contributed by atoms with van der Waals surface area (Å²) in [5.74, 6) is 2.51. The molecule has 1 aliphatic carbocycles. The van der Waals surface area contributed by atoms with Gasteiger partial charge in [0, 0.05) is 6.42 Å². The summed E-state index contributed by atoms with van der Waals surface area (Å²) in [5, 5.41) is 11.9. The van der Waals surface area contributed by atoms with Gasteiger partial charge in [-0.3, -0.25) is 0 Å².